The van der Waals surface area contributed by atoms with Crippen LogP contribution in [0.3, 0.4) is 0 Å². The highest BCUT2D eigenvalue weighted by atomic mass is 32.1. The predicted octanol–water partition coefficient (Wildman–Crippen LogP) is 4.46. The van der Waals surface area contributed by atoms with Crippen molar-refractivity contribution in [2.24, 2.45) is 5.41 Å². The third-order valence-electron chi connectivity index (χ3n) is 7.90. The zero-order valence-corrected chi connectivity index (χ0v) is 18.7. The number of carbonyl (C=O) groups is 1. The quantitative estimate of drug-likeness (QED) is 0.751. The lowest BCUT2D eigenvalue weighted by molar-refractivity contribution is -0.00397. The van der Waals surface area contributed by atoms with Crippen LogP contribution in [0, 0.1) is 19.3 Å². The van der Waals surface area contributed by atoms with Crippen molar-refractivity contribution >= 4 is 17.2 Å². The van der Waals surface area contributed by atoms with Gasteiger partial charge in [-0.05, 0) is 58.6 Å². The fourth-order valence-corrected chi connectivity index (χ4v) is 7.53. The number of aromatic nitrogens is 1. The maximum Gasteiger partial charge on any atom is 0.266 e. The molecule has 1 saturated carbocycles. The Bertz CT molecular complexity index is 925. The zero-order chi connectivity index (χ0) is 20.3. The first-order chi connectivity index (χ1) is 13.9. The Morgan fingerprint density at radius 2 is 1.93 bits per heavy atom. The van der Waals surface area contributed by atoms with E-state index in [9.17, 15) is 4.79 Å². The lowest BCUT2D eigenvalue weighted by atomic mass is 9.64. The second-order valence-electron chi connectivity index (χ2n) is 9.52. The molecule has 5 rings (SSSR count). The number of fused-ring (bicyclic) bond motifs is 1. The second kappa shape index (κ2) is 6.92. The van der Waals surface area contributed by atoms with E-state index in [-0.39, 0.29) is 17.4 Å². The van der Waals surface area contributed by atoms with Crippen molar-refractivity contribution in [2.75, 3.05) is 7.05 Å². The number of piperidine rings is 1. The van der Waals surface area contributed by atoms with E-state index >= 15 is 0 Å². The molecule has 2 aromatic rings. The summed E-state index contributed by atoms with van der Waals surface area (Å²) in [6.45, 7) is 6.43. The molecule has 1 amide bonds. The SMILES string of the molecule is Cc1nc(C)c(C(=O)N2[C@H]3CCC[C@H]4N(C)[C@@H](Cc5ccccc5)[C@@H]2C[C@@]34C)s1. The first kappa shape index (κ1) is 19.3. The molecule has 3 aliphatic rings. The van der Waals surface area contributed by atoms with E-state index in [1.807, 2.05) is 13.8 Å². The van der Waals surface area contributed by atoms with Crippen molar-refractivity contribution in [1.82, 2.24) is 14.8 Å². The van der Waals surface area contributed by atoms with Gasteiger partial charge in [-0.1, -0.05) is 37.3 Å². The van der Waals surface area contributed by atoms with E-state index in [0.717, 1.165) is 34.8 Å². The molecule has 2 saturated heterocycles. The number of likely N-dealkylation sites (tertiary alicyclic amines) is 2. The highest BCUT2D eigenvalue weighted by molar-refractivity contribution is 7.13. The van der Waals surface area contributed by atoms with Gasteiger partial charge in [0, 0.05) is 29.6 Å². The van der Waals surface area contributed by atoms with Gasteiger partial charge in [0.15, 0.2) is 0 Å². The number of likely N-dealkylation sites (N-methyl/N-ethyl adjacent to an activating group) is 1. The van der Waals surface area contributed by atoms with Gasteiger partial charge in [-0.2, -0.15) is 0 Å². The van der Waals surface area contributed by atoms with Gasteiger partial charge in [-0.25, -0.2) is 4.98 Å². The first-order valence-corrected chi connectivity index (χ1v) is 11.7. The molecule has 0 unspecified atom stereocenters. The summed E-state index contributed by atoms with van der Waals surface area (Å²) in [5, 5.41) is 0.985. The largest absolute Gasteiger partial charge is 0.330 e. The van der Waals surface area contributed by atoms with E-state index in [1.165, 1.54) is 18.4 Å². The molecule has 1 aromatic heterocycles. The van der Waals surface area contributed by atoms with Crippen LogP contribution < -0.4 is 0 Å². The highest BCUT2D eigenvalue weighted by Crippen LogP contribution is 2.56. The lowest BCUT2D eigenvalue weighted by Crippen LogP contribution is -2.59. The minimum absolute atomic E-state index is 0.203. The summed E-state index contributed by atoms with van der Waals surface area (Å²) in [5.41, 5.74) is 2.46. The summed E-state index contributed by atoms with van der Waals surface area (Å²) in [6, 6.07) is 12.4. The minimum Gasteiger partial charge on any atom is -0.330 e. The van der Waals surface area contributed by atoms with E-state index in [1.54, 1.807) is 11.3 Å². The number of benzene rings is 1. The number of carbonyl (C=O) groups excluding carboxylic acids is 1. The van der Waals surface area contributed by atoms with Gasteiger partial charge in [-0.15, -0.1) is 11.3 Å². The molecule has 1 aromatic carbocycles. The van der Waals surface area contributed by atoms with Crippen molar-refractivity contribution in [3.63, 3.8) is 0 Å². The van der Waals surface area contributed by atoms with Gasteiger partial charge < -0.3 is 4.90 Å². The Morgan fingerprint density at radius 3 is 2.62 bits per heavy atom. The number of rotatable bonds is 3. The molecule has 4 nitrogen and oxygen atoms in total. The topological polar surface area (TPSA) is 36.4 Å². The molecule has 29 heavy (non-hydrogen) atoms. The molecule has 2 bridgehead atoms. The van der Waals surface area contributed by atoms with E-state index in [2.05, 4.69) is 59.1 Å². The van der Waals surface area contributed by atoms with Crippen LogP contribution in [0.25, 0.3) is 0 Å². The van der Waals surface area contributed by atoms with Crippen molar-refractivity contribution in [1.29, 1.82) is 0 Å². The molecular formula is C24H31N3OS. The fraction of sp³-hybridized carbons (Fsp3) is 0.583. The van der Waals surface area contributed by atoms with Crippen LogP contribution in [-0.2, 0) is 6.42 Å². The van der Waals surface area contributed by atoms with Crippen molar-refractivity contribution in [3.8, 4) is 0 Å². The average molecular weight is 410 g/mol. The summed E-state index contributed by atoms with van der Waals surface area (Å²) in [5.74, 6) is 0.223. The van der Waals surface area contributed by atoms with Gasteiger partial charge in [0.1, 0.15) is 4.88 Å². The van der Waals surface area contributed by atoms with Crippen LogP contribution in [0.2, 0.25) is 0 Å². The molecule has 3 fully saturated rings. The summed E-state index contributed by atoms with van der Waals surface area (Å²) in [4.78, 5) is 24.2. The Balaban J connectivity index is 1.56. The minimum atomic E-state index is 0.203. The predicted molar refractivity (Wildman–Crippen MR) is 117 cm³/mol. The van der Waals surface area contributed by atoms with Crippen LogP contribution >= 0.6 is 11.3 Å². The summed E-state index contributed by atoms with van der Waals surface area (Å²) in [7, 11) is 2.31. The summed E-state index contributed by atoms with van der Waals surface area (Å²) in [6.07, 6.45) is 5.74. The number of hydrogen-bond donors (Lipinski definition) is 0. The molecule has 154 valence electrons. The van der Waals surface area contributed by atoms with Crippen molar-refractivity contribution < 1.29 is 4.79 Å². The summed E-state index contributed by atoms with van der Waals surface area (Å²) < 4.78 is 0. The Labute approximate surface area is 177 Å². The second-order valence-corrected chi connectivity index (χ2v) is 10.7. The molecule has 0 spiro atoms. The third-order valence-corrected chi connectivity index (χ3v) is 8.96. The molecule has 0 N–H and O–H groups in total. The number of thiazole rings is 1. The first-order valence-electron chi connectivity index (χ1n) is 10.9. The zero-order valence-electron chi connectivity index (χ0n) is 17.9. The molecule has 1 aliphatic carbocycles. The highest BCUT2D eigenvalue weighted by Gasteiger charge is 2.63. The van der Waals surface area contributed by atoms with Gasteiger partial charge in [0.05, 0.1) is 10.7 Å². The monoisotopic (exact) mass is 409 g/mol. The van der Waals surface area contributed by atoms with Crippen molar-refractivity contribution in [2.45, 2.75) is 77.0 Å². The van der Waals surface area contributed by atoms with Crippen LogP contribution in [0.15, 0.2) is 30.3 Å². The lowest BCUT2D eigenvalue weighted by Gasteiger charge is -2.51. The molecular weight excluding hydrogens is 378 g/mol. The number of nitrogens with zero attached hydrogens (tertiary/aromatic N) is 3. The third kappa shape index (κ3) is 2.89. The van der Waals surface area contributed by atoms with Crippen LogP contribution in [0.1, 0.15) is 58.5 Å². The molecule has 3 heterocycles. The smallest absolute Gasteiger partial charge is 0.266 e. The van der Waals surface area contributed by atoms with Crippen molar-refractivity contribution in [3.05, 3.63) is 51.5 Å². The Kier molecular flexibility index (Phi) is 4.59. The van der Waals surface area contributed by atoms with E-state index < -0.39 is 0 Å². The van der Waals surface area contributed by atoms with Gasteiger partial charge in [-0.3, -0.25) is 9.69 Å². The molecule has 0 radical (unpaired) electrons. The van der Waals surface area contributed by atoms with Crippen LogP contribution in [0.4, 0.5) is 0 Å². The molecule has 5 atom stereocenters. The Morgan fingerprint density at radius 1 is 1.21 bits per heavy atom. The van der Waals surface area contributed by atoms with E-state index in [4.69, 9.17) is 0 Å². The molecule has 2 aliphatic heterocycles. The summed E-state index contributed by atoms with van der Waals surface area (Å²) >= 11 is 1.56. The number of hydrogen-bond acceptors (Lipinski definition) is 4. The standard InChI is InChI=1S/C24H31N3OS/c1-15-22(29-16(2)25-15)23(28)27-19-14-24(3)20(11-8-12-21(24)27)26(4)18(19)13-17-9-6-5-7-10-17/h5-7,9-10,18-21H,8,11-14H2,1-4H3/t18-,19-,20+,21-,24+/m0/s1. The van der Waals surface area contributed by atoms with Crippen LogP contribution in [-0.4, -0.2) is 51.9 Å². The van der Waals surface area contributed by atoms with Gasteiger partial charge in [0.2, 0.25) is 0 Å². The van der Waals surface area contributed by atoms with Gasteiger partial charge >= 0.3 is 0 Å². The average Bonchev–Trinajstić information content (AvgIpc) is 3.20. The van der Waals surface area contributed by atoms with E-state index in [0.29, 0.717) is 18.1 Å². The fourth-order valence-electron chi connectivity index (χ4n) is 6.66. The van der Waals surface area contributed by atoms with Gasteiger partial charge in [0.25, 0.3) is 5.91 Å². The molecule has 5 heteroatoms. The number of aryl methyl sites for hydroxylation is 2. The normalized spacial score (nSPS) is 33.9. The maximum absolute atomic E-state index is 13.8. The number of amides is 1. The Hall–Kier alpha value is -1.72. The maximum atomic E-state index is 13.8. The van der Waals surface area contributed by atoms with Crippen LogP contribution in [0.5, 0.6) is 0 Å².